The molecule has 4 aromatic rings. The van der Waals surface area contributed by atoms with Crippen LogP contribution in [0.1, 0.15) is 32.8 Å². The Morgan fingerprint density at radius 3 is 2.50 bits per heavy atom. The molecule has 0 aliphatic rings. The monoisotopic (exact) mass is 439 g/mol. The molecule has 4 rings (SSSR count). The second kappa shape index (κ2) is 8.17. The highest BCUT2D eigenvalue weighted by atomic mass is 32.1. The fourth-order valence-electron chi connectivity index (χ4n) is 2.96. The summed E-state index contributed by atoms with van der Waals surface area (Å²) >= 11 is 2.80. The number of carbonyl (C=O) groups excluding carboxylic acids is 2. The summed E-state index contributed by atoms with van der Waals surface area (Å²) in [4.78, 5) is 43.6. The Hall–Kier alpha value is -3.37. The molecule has 0 saturated carbocycles. The zero-order valence-corrected chi connectivity index (χ0v) is 17.8. The SMILES string of the molecule is CCn1nc(C(=O)NNC(=O)c2sc(-c3cccs3)nc2C)c2ccccc2c1=O. The molecule has 0 radical (unpaired) electrons. The van der Waals surface area contributed by atoms with Crippen LogP contribution in [0.4, 0.5) is 0 Å². The van der Waals surface area contributed by atoms with Gasteiger partial charge >= 0.3 is 0 Å². The van der Waals surface area contributed by atoms with Crippen molar-refractivity contribution in [2.24, 2.45) is 0 Å². The summed E-state index contributed by atoms with van der Waals surface area (Å²) in [5.41, 5.74) is 5.19. The third-order valence-corrected chi connectivity index (χ3v) is 6.60. The quantitative estimate of drug-likeness (QED) is 0.476. The van der Waals surface area contributed by atoms with E-state index in [1.807, 2.05) is 17.5 Å². The zero-order chi connectivity index (χ0) is 21.3. The molecule has 0 atom stereocenters. The van der Waals surface area contributed by atoms with E-state index in [4.69, 9.17) is 0 Å². The number of hydrogen-bond acceptors (Lipinski definition) is 7. The van der Waals surface area contributed by atoms with Crippen LogP contribution in [0, 0.1) is 6.92 Å². The average Bonchev–Trinajstić information content (AvgIpc) is 3.42. The van der Waals surface area contributed by atoms with Crippen LogP contribution in [0.25, 0.3) is 20.7 Å². The van der Waals surface area contributed by atoms with E-state index < -0.39 is 11.8 Å². The van der Waals surface area contributed by atoms with Gasteiger partial charge in [-0.3, -0.25) is 25.2 Å². The van der Waals surface area contributed by atoms with E-state index in [0.717, 1.165) is 9.88 Å². The molecule has 0 aliphatic heterocycles. The van der Waals surface area contributed by atoms with E-state index >= 15 is 0 Å². The molecule has 152 valence electrons. The van der Waals surface area contributed by atoms with Crippen LogP contribution in [0.3, 0.4) is 0 Å². The van der Waals surface area contributed by atoms with Gasteiger partial charge in [0.25, 0.3) is 17.4 Å². The average molecular weight is 440 g/mol. The highest BCUT2D eigenvalue weighted by molar-refractivity contribution is 7.22. The summed E-state index contributed by atoms with van der Waals surface area (Å²) in [6.45, 7) is 3.84. The summed E-state index contributed by atoms with van der Waals surface area (Å²) in [6.07, 6.45) is 0. The van der Waals surface area contributed by atoms with Gasteiger partial charge in [-0.1, -0.05) is 24.3 Å². The zero-order valence-electron chi connectivity index (χ0n) is 16.1. The predicted molar refractivity (Wildman–Crippen MR) is 117 cm³/mol. The molecule has 3 aromatic heterocycles. The van der Waals surface area contributed by atoms with Crippen LogP contribution >= 0.6 is 22.7 Å². The van der Waals surface area contributed by atoms with E-state index in [-0.39, 0.29) is 11.3 Å². The maximum atomic E-state index is 12.7. The largest absolute Gasteiger partial charge is 0.290 e. The third kappa shape index (κ3) is 3.62. The van der Waals surface area contributed by atoms with E-state index in [1.54, 1.807) is 49.4 Å². The van der Waals surface area contributed by atoms with Crippen LogP contribution < -0.4 is 16.4 Å². The maximum Gasteiger partial charge on any atom is 0.290 e. The molecule has 0 fully saturated rings. The van der Waals surface area contributed by atoms with Gasteiger partial charge in [-0.2, -0.15) is 5.10 Å². The number of rotatable bonds is 4. The van der Waals surface area contributed by atoms with Gasteiger partial charge in [-0.05, 0) is 31.4 Å². The number of nitrogens with one attached hydrogen (secondary N) is 2. The van der Waals surface area contributed by atoms with Crippen molar-refractivity contribution in [2.75, 3.05) is 0 Å². The van der Waals surface area contributed by atoms with E-state index in [0.29, 0.717) is 27.9 Å². The number of hydrazine groups is 1. The lowest BCUT2D eigenvalue weighted by Crippen LogP contribution is -2.42. The second-order valence-corrected chi connectivity index (χ2v) is 8.28. The van der Waals surface area contributed by atoms with Crippen molar-refractivity contribution in [3.8, 4) is 9.88 Å². The third-order valence-electron chi connectivity index (χ3n) is 4.41. The lowest BCUT2D eigenvalue weighted by Gasteiger charge is -2.10. The first kappa shape index (κ1) is 19.9. The summed E-state index contributed by atoms with van der Waals surface area (Å²) in [5, 5.41) is 7.67. The molecular formula is C20H17N5O3S2. The predicted octanol–water partition coefficient (Wildman–Crippen LogP) is 2.98. The van der Waals surface area contributed by atoms with Crippen molar-refractivity contribution in [1.29, 1.82) is 0 Å². The molecule has 2 amide bonds. The first-order valence-corrected chi connectivity index (χ1v) is 10.8. The summed E-state index contributed by atoms with van der Waals surface area (Å²) in [5.74, 6) is -1.07. The minimum Gasteiger partial charge on any atom is -0.267 e. The lowest BCUT2D eigenvalue weighted by molar-refractivity contribution is 0.0845. The highest BCUT2D eigenvalue weighted by Crippen LogP contribution is 2.30. The number of benzene rings is 1. The molecule has 0 saturated heterocycles. The molecule has 30 heavy (non-hydrogen) atoms. The van der Waals surface area contributed by atoms with Gasteiger partial charge in [-0.25, -0.2) is 9.67 Å². The number of nitrogens with zero attached hydrogens (tertiary/aromatic N) is 3. The number of thiazole rings is 1. The first-order valence-electron chi connectivity index (χ1n) is 9.11. The van der Waals surface area contributed by atoms with Crippen molar-refractivity contribution in [3.05, 3.63) is 68.4 Å². The normalized spacial score (nSPS) is 10.9. The van der Waals surface area contributed by atoms with E-state index in [2.05, 4.69) is 20.9 Å². The van der Waals surface area contributed by atoms with Gasteiger partial charge in [-0.15, -0.1) is 22.7 Å². The van der Waals surface area contributed by atoms with E-state index in [9.17, 15) is 14.4 Å². The summed E-state index contributed by atoms with van der Waals surface area (Å²) in [7, 11) is 0. The maximum absolute atomic E-state index is 12.7. The van der Waals surface area contributed by atoms with Crippen molar-refractivity contribution in [1.82, 2.24) is 25.6 Å². The fraction of sp³-hybridized carbons (Fsp3) is 0.150. The lowest BCUT2D eigenvalue weighted by atomic mass is 10.1. The summed E-state index contributed by atoms with van der Waals surface area (Å²) in [6, 6.07) is 10.6. The molecule has 3 heterocycles. The molecular weight excluding hydrogens is 422 g/mol. The Balaban J connectivity index is 1.57. The van der Waals surface area contributed by atoms with Gasteiger partial charge in [0.15, 0.2) is 5.69 Å². The van der Waals surface area contributed by atoms with Crippen LogP contribution in [0.5, 0.6) is 0 Å². The van der Waals surface area contributed by atoms with E-state index in [1.165, 1.54) is 16.0 Å². The Kier molecular flexibility index (Phi) is 5.42. The minimum atomic E-state index is -0.609. The van der Waals surface area contributed by atoms with Crippen molar-refractivity contribution in [3.63, 3.8) is 0 Å². The molecule has 0 bridgehead atoms. The second-order valence-electron chi connectivity index (χ2n) is 6.33. The Bertz CT molecular complexity index is 1310. The summed E-state index contributed by atoms with van der Waals surface area (Å²) < 4.78 is 1.22. The minimum absolute atomic E-state index is 0.0626. The van der Waals surface area contributed by atoms with Crippen LogP contribution in [-0.4, -0.2) is 26.6 Å². The van der Waals surface area contributed by atoms with Gasteiger partial charge in [0.05, 0.1) is 16.0 Å². The molecule has 1 aromatic carbocycles. The number of carbonyl (C=O) groups is 2. The number of fused-ring (bicyclic) bond motifs is 1. The number of hydrogen-bond donors (Lipinski definition) is 2. The standard InChI is InChI=1S/C20H17N5O3S2/c1-3-25-20(28)13-8-5-4-7-12(13)15(24-25)17(26)22-23-18(27)16-11(2)21-19(30-16)14-9-6-10-29-14/h4-10H,3H2,1-2H3,(H,22,26)(H,23,27). The van der Waals surface area contributed by atoms with Crippen molar-refractivity contribution in [2.45, 2.75) is 20.4 Å². The van der Waals surface area contributed by atoms with Gasteiger partial charge < -0.3 is 0 Å². The number of thiophene rings is 1. The highest BCUT2D eigenvalue weighted by Gasteiger charge is 2.20. The number of amides is 2. The first-order chi connectivity index (χ1) is 14.5. The van der Waals surface area contributed by atoms with Crippen LogP contribution in [0.15, 0.2) is 46.6 Å². The Labute approximate surface area is 179 Å². The molecule has 2 N–H and O–H groups in total. The van der Waals surface area contributed by atoms with Crippen molar-refractivity contribution < 1.29 is 9.59 Å². The molecule has 0 aliphatic carbocycles. The van der Waals surface area contributed by atoms with Crippen LogP contribution in [0.2, 0.25) is 0 Å². The van der Waals surface area contributed by atoms with Gasteiger partial charge in [0, 0.05) is 11.9 Å². The van der Waals surface area contributed by atoms with Gasteiger partial charge in [0.1, 0.15) is 9.88 Å². The van der Waals surface area contributed by atoms with Crippen molar-refractivity contribution >= 4 is 45.3 Å². The molecule has 0 spiro atoms. The Morgan fingerprint density at radius 1 is 1.07 bits per heavy atom. The number of aryl methyl sites for hydroxylation is 2. The topological polar surface area (TPSA) is 106 Å². The smallest absolute Gasteiger partial charge is 0.267 e. The molecule has 0 unspecified atom stereocenters. The fourth-order valence-corrected chi connectivity index (χ4v) is 4.72. The number of aromatic nitrogens is 3. The molecule has 8 nitrogen and oxygen atoms in total. The van der Waals surface area contributed by atoms with Gasteiger partial charge in [0.2, 0.25) is 0 Å². The van der Waals surface area contributed by atoms with Crippen LogP contribution in [-0.2, 0) is 6.54 Å². The Morgan fingerprint density at radius 2 is 1.80 bits per heavy atom. The molecule has 10 heteroatoms.